The summed E-state index contributed by atoms with van der Waals surface area (Å²) in [5.41, 5.74) is 0. The maximum atomic E-state index is 6.43. The molecule has 0 aromatic heterocycles. The Morgan fingerprint density at radius 2 is 1.94 bits per heavy atom. The van der Waals surface area contributed by atoms with Crippen molar-refractivity contribution >= 4 is 25.1 Å². The molecule has 1 rings (SSSR count). The highest BCUT2D eigenvalue weighted by atomic mass is 32.1. The third-order valence-corrected chi connectivity index (χ3v) is 4.74. The van der Waals surface area contributed by atoms with Crippen molar-refractivity contribution in [3.8, 4) is 0 Å². The lowest BCUT2D eigenvalue weighted by atomic mass is 9.53. The standard InChI is InChI=1S/C13H24BNS.C2H6/c1-5-10-11(15(4)12(16)6-2)8-7-9-13(10,3)14;1-2/h10-11H,5-9H2,1-4H3;1-2H3. The van der Waals surface area contributed by atoms with Crippen LogP contribution in [0.1, 0.15) is 66.7 Å². The Morgan fingerprint density at radius 1 is 1.39 bits per heavy atom. The molecule has 0 bridgehead atoms. The second-order valence-electron chi connectivity index (χ2n) is 5.34. The van der Waals surface area contributed by atoms with Gasteiger partial charge in [0.05, 0.1) is 12.8 Å². The molecule has 3 heteroatoms. The van der Waals surface area contributed by atoms with Crippen LogP contribution in [0.2, 0.25) is 5.31 Å². The zero-order valence-electron chi connectivity index (χ0n) is 13.1. The summed E-state index contributed by atoms with van der Waals surface area (Å²) >= 11 is 5.42. The minimum Gasteiger partial charge on any atom is -0.366 e. The van der Waals surface area contributed by atoms with Crippen LogP contribution < -0.4 is 0 Å². The number of hydrogen-bond donors (Lipinski definition) is 0. The smallest absolute Gasteiger partial charge is 0.0776 e. The Labute approximate surface area is 121 Å². The number of thiocarbonyl (C=S) groups is 1. The molecule has 2 radical (unpaired) electrons. The van der Waals surface area contributed by atoms with Gasteiger partial charge < -0.3 is 4.90 Å². The lowest BCUT2D eigenvalue weighted by Gasteiger charge is -2.48. The van der Waals surface area contributed by atoms with Crippen LogP contribution in [0.3, 0.4) is 0 Å². The third-order valence-electron chi connectivity index (χ3n) is 4.16. The molecular formula is C15H30BNS. The molecule has 0 spiro atoms. The van der Waals surface area contributed by atoms with Crippen LogP contribution in [0, 0.1) is 5.92 Å². The SMILES string of the molecule is CC.[B]C1(C)CCCC(N(C)C(=S)CC)C1CC. The molecule has 0 aromatic rings. The molecule has 0 N–H and O–H groups in total. The van der Waals surface area contributed by atoms with Gasteiger partial charge in [-0.1, -0.05) is 71.4 Å². The van der Waals surface area contributed by atoms with E-state index in [2.05, 4.69) is 32.7 Å². The summed E-state index contributed by atoms with van der Waals surface area (Å²) in [6.07, 6.45) is 5.72. The Kier molecular flexibility index (Phi) is 8.17. The summed E-state index contributed by atoms with van der Waals surface area (Å²) in [5, 5.41) is -0.0186. The maximum Gasteiger partial charge on any atom is 0.0776 e. The molecule has 0 aromatic carbocycles. The van der Waals surface area contributed by atoms with Gasteiger partial charge >= 0.3 is 0 Å². The minimum absolute atomic E-state index is 0.0186. The molecule has 0 aliphatic heterocycles. The van der Waals surface area contributed by atoms with E-state index >= 15 is 0 Å². The van der Waals surface area contributed by atoms with E-state index in [1.54, 1.807) is 0 Å². The fraction of sp³-hybridized carbons (Fsp3) is 0.933. The third kappa shape index (κ3) is 4.26. The Balaban J connectivity index is 0.00000137. The van der Waals surface area contributed by atoms with Crippen molar-refractivity contribution in [2.45, 2.75) is 78.1 Å². The van der Waals surface area contributed by atoms with Crippen LogP contribution in [0.25, 0.3) is 0 Å². The maximum absolute atomic E-state index is 6.43. The van der Waals surface area contributed by atoms with E-state index in [0.29, 0.717) is 12.0 Å². The normalized spacial score (nSPS) is 31.2. The molecule has 0 saturated heterocycles. The van der Waals surface area contributed by atoms with Crippen molar-refractivity contribution in [1.29, 1.82) is 0 Å². The van der Waals surface area contributed by atoms with Crippen LogP contribution in [0.15, 0.2) is 0 Å². The van der Waals surface area contributed by atoms with Crippen molar-refractivity contribution in [3.63, 3.8) is 0 Å². The first-order valence-corrected chi connectivity index (χ1v) is 7.89. The fourth-order valence-electron chi connectivity index (χ4n) is 3.15. The Hall–Kier alpha value is -0.0451. The minimum atomic E-state index is -0.0186. The summed E-state index contributed by atoms with van der Waals surface area (Å²) in [6, 6.07) is 0.543. The first-order valence-electron chi connectivity index (χ1n) is 7.48. The molecule has 1 fully saturated rings. The molecule has 104 valence electrons. The lowest BCUT2D eigenvalue weighted by Crippen LogP contribution is -2.47. The van der Waals surface area contributed by atoms with Gasteiger partial charge in [-0.25, -0.2) is 0 Å². The highest BCUT2D eigenvalue weighted by Gasteiger charge is 2.39. The first-order chi connectivity index (χ1) is 8.44. The van der Waals surface area contributed by atoms with E-state index in [4.69, 9.17) is 20.1 Å². The summed E-state index contributed by atoms with van der Waals surface area (Å²) in [5.74, 6) is 0.566. The van der Waals surface area contributed by atoms with Gasteiger partial charge in [-0.15, -0.1) is 0 Å². The Bertz CT molecular complexity index is 253. The summed E-state index contributed by atoms with van der Waals surface area (Å²) in [7, 11) is 8.57. The van der Waals surface area contributed by atoms with Crippen LogP contribution >= 0.6 is 12.2 Å². The Morgan fingerprint density at radius 3 is 2.39 bits per heavy atom. The molecule has 1 nitrogen and oxygen atoms in total. The zero-order valence-corrected chi connectivity index (χ0v) is 13.9. The number of nitrogens with zero attached hydrogens (tertiary/aromatic N) is 1. The van der Waals surface area contributed by atoms with Crippen LogP contribution in [0.4, 0.5) is 0 Å². The lowest BCUT2D eigenvalue weighted by molar-refractivity contribution is 0.145. The zero-order chi connectivity index (χ0) is 14.3. The quantitative estimate of drug-likeness (QED) is 0.542. The monoisotopic (exact) mass is 267 g/mol. The summed E-state index contributed by atoms with van der Waals surface area (Å²) in [6.45, 7) is 10.6. The van der Waals surface area contributed by atoms with Crippen LogP contribution in [-0.4, -0.2) is 30.8 Å². The van der Waals surface area contributed by atoms with E-state index in [1.807, 2.05) is 13.8 Å². The first kappa shape index (κ1) is 18.0. The average Bonchev–Trinajstić information content (AvgIpc) is 2.37. The van der Waals surface area contributed by atoms with Crippen molar-refractivity contribution in [3.05, 3.63) is 0 Å². The number of hydrogen-bond acceptors (Lipinski definition) is 1. The molecule has 1 aliphatic rings. The predicted molar refractivity (Wildman–Crippen MR) is 87.5 cm³/mol. The van der Waals surface area contributed by atoms with Crippen molar-refractivity contribution in [1.82, 2.24) is 4.90 Å². The van der Waals surface area contributed by atoms with E-state index < -0.39 is 0 Å². The van der Waals surface area contributed by atoms with Gasteiger partial charge in [0.25, 0.3) is 0 Å². The van der Waals surface area contributed by atoms with Crippen LogP contribution in [-0.2, 0) is 0 Å². The van der Waals surface area contributed by atoms with Crippen LogP contribution in [0.5, 0.6) is 0 Å². The van der Waals surface area contributed by atoms with Gasteiger partial charge in [0.15, 0.2) is 0 Å². The van der Waals surface area contributed by atoms with Crippen molar-refractivity contribution < 1.29 is 0 Å². The average molecular weight is 267 g/mol. The van der Waals surface area contributed by atoms with E-state index in [1.165, 1.54) is 12.8 Å². The highest BCUT2D eigenvalue weighted by molar-refractivity contribution is 7.80. The second kappa shape index (κ2) is 8.19. The van der Waals surface area contributed by atoms with Gasteiger partial charge in [-0.05, 0) is 18.8 Å². The molecule has 0 amide bonds. The van der Waals surface area contributed by atoms with E-state index in [0.717, 1.165) is 24.3 Å². The molecule has 3 atom stereocenters. The summed E-state index contributed by atoms with van der Waals surface area (Å²) < 4.78 is 0. The molecule has 3 unspecified atom stereocenters. The second-order valence-corrected chi connectivity index (χ2v) is 5.81. The van der Waals surface area contributed by atoms with Gasteiger partial charge in [0.2, 0.25) is 0 Å². The van der Waals surface area contributed by atoms with Crippen molar-refractivity contribution in [2.75, 3.05) is 7.05 Å². The van der Waals surface area contributed by atoms with Gasteiger partial charge in [0.1, 0.15) is 0 Å². The van der Waals surface area contributed by atoms with Crippen molar-refractivity contribution in [2.24, 2.45) is 5.92 Å². The van der Waals surface area contributed by atoms with E-state index in [9.17, 15) is 0 Å². The van der Waals surface area contributed by atoms with Gasteiger partial charge in [-0.2, -0.15) is 0 Å². The molecule has 18 heavy (non-hydrogen) atoms. The largest absolute Gasteiger partial charge is 0.366 e. The van der Waals surface area contributed by atoms with E-state index in [-0.39, 0.29) is 5.31 Å². The predicted octanol–water partition coefficient (Wildman–Crippen LogP) is 4.61. The molecule has 1 saturated carbocycles. The number of rotatable bonds is 3. The molecule has 1 aliphatic carbocycles. The van der Waals surface area contributed by atoms with Gasteiger partial charge in [-0.3, -0.25) is 0 Å². The molecule has 0 heterocycles. The molecular weight excluding hydrogens is 237 g/mol. The topological polar surface area (TPSA) is 3.24 Å². The van der Waals surface area contributed by atoms with Gasteiger partial charge in [0, 0.05) is 13.1 Å². The summed E-state index contributed by atoms with van der Waals surface area (Å²) in [4.78, 5) is 3.37. The highest BCUT2D eigenvalue weighted by Crippen LogP contribution is 2.47. The fourth-order valence-corrected chi connectivity index (χ4v) is 3.29.